The van der Waals surface area contributed by atoms with Crippen molar-refractivity contribution in [2.45, 2.75) is 27.7 Å². The predicted octanol–water partition coefficient (Wildman–Crippen LogP) is 3.28. The number of nitrogens with zero attached hydrogens (tertiary/aromatic N) is 2. The van der Waals surface area contributed by atoms with Crippen LogP contribution in [-0.4, -0.2) is 49.7 Å². The van der Waals surface area contributed by atoms with Crippen LogP contribution in [0.15, 0.2) is 17.1 Å². The summed E-state index contributed by atoms with van der Waals surface area (Å²) in [6, 6.07) is 0. The van der Waals surface area contributed by atoms with Crippen molar-refractivity contribution in [3.05, 3.63) is 12.7 Å². The third-order valence-corrected chi connectivity index (χ3v) is 2.35. The largest absolute Gasteiger partial charge is 0.379 e. The Hall–Kier alpha value is -0.320. The highest BCUT2D eigenvalue weighted by molar-refractivity contribution is 7.97. The summed E-state index contributed by atoms with van der Waals surface area (Å²) in [5.41, 5.74) is 1.05. The lowest BCUT2D eigenvalue weighted by atomic mass is 10.3. The Morgan fingerprint density at radius 1 is 1.29 bits per heavy atom. The Morgan fingerprint density at radius 3 is 2.24 bits per heavy atom. The molecule has 0 N–H and O–H groups in total. The van der Waals surface area contributed by atoms with Crippen LogP contribution in [0.3, 0.4) is 0 Å². The summed E-state index contributed by atoms with van der Waals surface area (Å²) < 4.78 is 9.53. The quantitative estimate of drug-likeness (QED) is 0.573. The van der Waals surface area contributed by atoms with E-state index in [0.717, 1.165) is 38.6 Å². The summed E-state index contributed by atoms with van der Waals surface area (Å²) in [7, 11) is 0. The van der Waals surface area contributed by atoms with Gasteiger partial charge in [-0.15, -0.1) is 0 Å². The van der Waals surface area contributed by atoms with Crippen molar-refractivity contribution in [3.8, 4) is 0 Å². The van der Waals surface area contributed by atoms with E-state index in [1.165, 1.54) is 11.9 Å². The van der Waals surface area contributed by atoms with Crippen LogP contribution in [0.5, 0.6) is 0 Å². The van der Waals surface area contributed by atoms with Gasteiger partial charge in [-0.05, 0) is 18.0 Å². The number of ether oxygens (including phenoxy) is 1. The number of rotatable bonds is 4. The molecule has 1 aliphatic heterocycles. The molecule has 0 amide bonds. The van der Waals surface area contributed by atoms with Crippen LogP contribution in [0.1, 0.15) is 27.7 Å². The molecule has 4 heteroatoms. The molecule has 1 rings (SSSR count). The van der Waals surface area contributed by atoms with Crippen molar-refractivity contribution in [2.75, 3.05) is 39.1 Å². The molecule has 0 bridgehead atoms. The van der Waals surface area contributed by atoms with E-state index in [1.807, 2.05) is 40.0 Å². The van der Waals surface area contributed by atoms with Crippen LogP contribution in [0.25, 0.3) is 0 Å². The molecule has 0 atom stereocenters. The van der Waals surface area contributed by atoms with Crippen LogP contribution in [0.4, 0.5) is 0 Å². The van der Waals surface area contributed by atoms with Crippen molar-refractivity contribution in [2.24, 2.45) is 4.40 Å². The zero-order valence-corrected chi connectivity index (χ0v) is 12.8. The number of hydrogen-bond acceptors (Lipinski definition) is 4. The van der Waals surface area contributed by atoms with E-state index >= 15 is 0 Å². The van der Waals surface area contributed by atoms with Crippen molar-refractivity contribution in [3.63, 3.8) is 0 Å². The van der Waals surface area contributed by atoms with Gasteiger partial charge in [-0.25, -0.2) is 4.40 Å². The standard InChI is InChI=1S/C9H16N2OS.2C2H6/c1-3-9(10-13-2)8-11-4-6-12-7-5-11;2*1-2/h3H,1,4-8H2,2H3;2*1-2H3/b10-9+;;. The number of morpholine rings is 1. The van der Waals surface area contributed by atoms with Crippen molar-refractivity contribution < 1.29 is 4.74 Å². The van der Waals surface area contributed by atoms with E-state index in [4.69, 9.17) is 4.74 Å². The van der Waals surface area contributed by atoms with Crippen molar-refractivity contribution in [1.82, 2.24) is 4.90 Å². The smallest absolute Gasteiger partial charge is 0.0621 e. The fraction of sp³-hybridized carbons (Fsp3) is 0.769. The Labute approximate surface area is 111 Å². The molecule has 3 nitrogen and oxygen atoms in total. The summed E-state index contributed by atoms with van der Waals surface area (Å²) in [4.78, 5) is 2.33. The summed E-state index contributed by atoms with van der Waals surface area (Å²) in [5.74, 6) is 0. The molecule has 0 aliphatic carbocycles. The van der Waals surface area contributed by atoms with E-state index in [2.05, 4.69) is 15.9 Å². The van der Waals surface area contributed by atoms with Gasteiger partial charge < -0.3 is 4.74 Å². The molecule has 102 valence electrons. The molecule has 0 aromatic rings. The summed E-state index contributed by atoms with van der Waals surface area (Å²) in [6.45, 7) is 16.3. The first-order chi connectivity index (χ1) is 8.36. The highest BCUT2D eigenvalue weighted by Crippen LogP contribution is 2.01. The first kappa shape index (κ1) is 19.0. The zero-order valence-electron chi connectivity index (χ0n) is 12.0. The molecule has 0 radical (unpaired) electrons. The minimum atomic E-state index is 0.837. The van der Waals surface area contributed by atoms with E-state index in [9.17, 15) is 0 Å². The molecule has 1 fully saturated rings. The van der Waals surface area contributed by atoms with E-state index in [1.54, 1.807) is 0 Å². The Kier molecular flexibility index (Phi) is 17.6. The van der Waals surface area contributed by atoms with Crippen LogP contribution in [0.2, 0.25) is 0 Å². The van der Waals surface area contributed by atoms with Gasteiger partial charge in [0.25, 0.3) is 0 Å². The Morgan fingerprint density at radius 2 is 1.82 bits per heavy atom. The SMILES string of the molecule is C=C/C(CN1CCOCC1)=N\SC.CC.CC. The molecule has 1 saturated heterocycles. The van der Waals surface area contributed by atoms with Crippen LogP contribution in [0, 0.1) is 0 Å². The van der Waals surface area contributed by atoms with E-state index < -0.39 is 0 Å². The molecule has 1 heterocycles. The second-order valence-electron chi connectivity index (χ2n) is 2.86. The lowest BCUT2D eigenvalue weighted by Crippen LogP contribution is -2.39. The highest BCUT2D eigenvalue weighted by atomic mass is 32.2. The maximum atomic E-state index is 5.26. The van der Waals surface area contributed by atoms with E-state index in [0.29, 0.717) is 0 Å². The van der Waals surface area contributed by atoms with Gasteiger partial charge in [-0.1, -0.05) is 34.3 Å². The summed E-state index contributed by atoms with van der Waals surface area (Å²) >= 11 is 1.48. The van der Waals surface area contributed by atoms with Gasteiger partial charge in [0.05, 0.1) is 18.9 Å². The summed E-state index contributed by atoms with van der Waals surface area (Å²) in [5, 5.41) is 0. The van der Waals surface area contributed by atoms with Crippen LogP contribution in [-0.2, 0) is 4.74 Å². The topological polar surface area (TPSA) is 24.8 Å². The Balaban J connectivity index is 0. The van der Waals surface area contributed by atoms with Gasteiger partial charge in [-0.2, -0.15) is 0 Å². The molecule has 0 saturated carbocycles. The lowest BCUT2D eigenvalue weighted by Gasteiger charge is -2.26. The molecule has 0 aromatic carbocycles. The van der Waals surface area contributed by atoms with Gasteiger partial charge in [0.2, 0.25) is 0 Å². The van der Waals surface area contributed by atoms with Crippen LogP contribution < -0.4 is 0 Å². The molecular weight excluding hydrogens is 232 g/mol. The van der Waals surface area contributed by atoms with Gasteiger partial charge in [0, 0.05) is 25.9 Å². The minimum Gasteiger partial charge on any atom is -0.379 e. The molecule has 17 heavy (non-hydrogen) atoms. The maximum absolute atomic E-state index is 5.26. The van der Waals surface area contributed by atoms with Gasteiger partial charge in [0.1, 0.15) is 0 Å². The van der Waals surface area contributed by atoms with Crippen LogP contribution >= 0.6 is 11.9 Å². The zero-order chi connectivity index (χ0) is 13.5. The lowest BCUT2D eigenvalue weighted by molar-refractivity contribution is 0.0454. The van der Waals surface area contributed by atoms with E-state index in [-0.39, 0.29) is 0 Å². The first-order valence-electron chi connectivity index (χ1n) is 6.39. The molecule has 1 aliphatic rings. The fourth-order valence-electron chi connectivity index (χ4n) is 1.24. The third kappa shape index (κ3) is 10.5. The number of hydrogen-bond donors (Lipinski definition) is 0. The fourth-order valence-corrected chi connectivity index (χ4v) is 1.60. The molecule has 0 spiro atoms. The van der Waals surface area contributed by atoms with Crippen molar-refractivity contribution >= 4 is 17.7 Å². The molecule has 0 unspecified atom stereocenters. The van der Waals surface area contributed by atoms with Gasteiger partial charge in [-0.3, -0.25) is 4.90 Å². The van der Waals surface area contributed by atoms with Crippen molar-refractivity contribution in [1.29, 1.82) is 0 Å². The summed E-state index contributed by atoms with van der Waals surface area (Å²) in [6.07, 6.45) is 3.79. The van der Waals surface area contributed by atoms with Gasteiger partial charge >= 0.3 is 0 Å². The first-order valence-corrected chi connectivity index (χ1v) is 7.57. The van der Waals surface area contributed by atoms with Gasteiger partial charge in [0.15, 0.2) is 0 Å². The average molecular weight is 260 g/mol. The third-order valence-electron chi connectivity index (χ3n) is 1.93. The second kappa shape index (κ2) is 15.7. The molecule has 0 aromatic heterocycles. The maximum Gasteiger partial charge on any atom is 0.0621 e. The minimum absolute atomic E-state index is 0.837. The highest BCUT2D eigenvalue weighted by Gasteiger charge is 2.10. The monoisotopic (exact) mass is 260 g/mol. The normalized spacial score (nSPS) is 16.2. The Bertz CT molecular complexity index is 190. The predicted molar refractivity (Wildman–Crippen MR) is 81.1 cm³/mol. The molecular formula is C13H28N2OS. The average Bonchev–Trinajstić information content (AvgIpc) is 2.44. The second-order valence-corrected chi connectivity index (χ2v) is 3.41.